The highest BCUT2D eigenvalue weighted by atomic mass is 32.1. The van der Waals surface area contributed by atoms with Crippen molar-refractivity contribution in [1.29, 1.82) is 0 Å². The first-order chi connectivity index (χ1) is 11.7. The highest BCUT2D eigenvalue weighted by molar-refractivity contribution is 7.07. The molecule has 0 amide bonds. The summed E-state index contributed by atoms with van der Waals surface area (Å²) < 4.78 is 5.66. The van der Waals surface area contributed by atoms with Gasteiger partial charge in [-0.2, -0.15) is 0 Å². The second-order valence-corrected chi connectivity index (χ2v) is 6.12. The van der Waals surface area contributed by atoms with E-state index < -0.39 is 0 Å². The Morgan fingerprint density at radius 2 is 1.88 bits per heavy atom. The van der Waals surface area contributed by atoms with Crippen LogP contribution in [0, 0.1) is 6.92 Å². The molecule has 0 aliphatic heterocycles. The first kappa shape index (κ1) is 16.1. The van der Waals surface area contributed by atoms with Gasteiger partial charge in [0.05, 0.1) is 11.2 Å². The van der Waals surface area contributed by atoms with E-state index in [0.717, 1.165) is 22.6 Å². The number of ether oxygens (including phenoxy) is 1. The number of ketones is 1. The van der Waals surface area contributed by atoms with E-state index in [1.807, 2.05) is 66.9 Å². The number of hydrogen-bond donors (Lipinski definition) is 0. The quantitative estimate of drug-likeness (QED) is 0.474. The zero-order chi connectivity index (χ0) is 16.8. The first-order valence-electron chi connectivity index (χ1n) is 7.60. The molecule has 0 aliphatic rings. The number of rotatable bonds is 6. The molecule has 4 heteroatoms. The summed E-state index contributed by atoms with van der Waals surface area (Å²) in [5.74, 6) is 0.781. The Balaban J connectivity index is 1.59. The van der Waals surface area contributed by atoms with Crippen LogP contribution in [-0.2, 0) is 6.61 Å². The van der Waals surface area contributed by atoms with Crippen LogP contribution in [0.4, 0.5) is 0 Å². The Morgan fingerprint density at radius 3 is 2.54 bits per heavy atom. The third kappa shape index (κ3) is 4.40. The normalized spacial score (nSPS) is 10.9. The molecule has 0 fully saturated rings. The highest BCUT2D eigenvalue weighted by Crippen LogP contribution is 2.15. The second-order valence-electron chi connectivity index (χ2n) is 5.40. The lowest BCUT2D eigenvalue weighted by atomic mass is 10.1. The number of nitrogens with zero attached hydrogens (tertiary/aromatic N) is 1. The summed E-state index contributed by atoms with van der Waals surface area (Å²) in [4.78, 5) is 16.3. The van der Waals surface area contributed by atoms with Gasteiger partial charge in [-0.1, -0.05) is 48.0 Å². The maximum absolute atomic E-state index is 12.1. The summed E-state index contributed by atoms with van der Waals surface area (Å²) in [5, 5.41) is 1.97. The molecule has 3 nitrogen and oxygen atoms in total. The van der Waals surface area contributed by atoms with E-state index in [-0.39, 0.29) is 5.78 Å². The molecule has 1 heterocycles. The monoisotopic (exact) mass is 335 g/mol. The van der Waals surface area contributed by atoms with Gasteiger partial charge in [-0.05, 0) is 30.7 Å². The molecule has 0 unspecified atom stereocenters. The third-order valence-electron chi connectivity index (χ3n) is 3.51. The number of allylic oxidation sites excluding steroid dienone is 1. The first-order valence-corrected chi connectivity index (χ1v) is 8.54. The largest absolute Gasteiger partial charge is 0.487 e. The van der Waals surface area contributed by atoms with Crippen molar-refractivity contribution < 1.29 is 9.53 Å². The topological polar surface area (TPSA) is 39.2 Å². The van der Waals surface area contributed by atoms with E-state index in [1.54, 1.807) is 22.9 Å². The summed E-state index contributed by atoms with van der Waals surface area (Å²) in [6, 6.07) is 15.2. The van der Waals surface area contributed by atoms with E-state index >= 15 is 0 Å². The van der Waals surface area contributed by atoms with E-state index in [0.29, 0.717) is 12.2 Å². The Morgan fingerprint density at radius 1 is 1.12 bits per heavy atom. The lowest BCUT2D eigenvalue weighted by Gasteiger charge is -2.04. The van der Waals surface area contributed by atoms with Gasteiger partial charge in [-0.3, -0.25) is 4.79 Å². The smallest absolute Gasteiger partial charge is 0.185 e. The van der Waals surface area contributed by atoms with Crippen LogP contribution < -0.4 is 4.74 Å². The molecule has 0 N–H and O–H groups in total. The second kappa shape index (κ2) is 7.70. The van der Waals surface area contributed by atoms with Gasteiger partial charge in [0.2, 0.25) is 0 Å². The molecule has 120 valence electrons. The number of hydrogen-bond acceptors (Lipinski definition) is 4. The van der Waals surface area contributed by atoms with Gasteiger partial charge in [0, 0.05) is 10.9 Å². The maximum Gasteiger partial charge on any atom is 0.185 e. The van der Waals surface area contributed by atoms with Crippen molar-refractivity contribution in [2.24, 2.45) is 0 Å². The van der Waals surface area contributed by atoms with Gasteiger partial charge in [0.25, 0.3) is 0 Å². The zero-order valence-corrected chi connectivity index (χ0v) is 14.1. The van der Waals surface area contributed by atoms with Gasteiger partial charge in [0.1, 0.15) is 12.4 Å². The minimum atomic E-state index is -0.00106. The molecule has 2 aromatic carbocycles. The van der Waals surface area contributed by atoms with Crippen LogP contribution in [-0.4, -0.2) is 10.8 Å². The average molecular weight is 335 g/mol. The number of carbonyl (C=O) groups is 1. The Bertz CT molecular complexity index is 819. The molecular weight excluding hydrogens is 318 g/mol. The van der Waals surface area contributed by atoms with Crippen molar-refractivity contribution in [2.75, 3.05) is 0 Å². The third-order valence-corrected chi connectivity index (χ3v) is 4.15. The van der Waals surface area contributed by atoms with Crippen LogP contribution in [0.25, 0.3) is 6.08 Å². The molecule has 3 aromatic rings. The minimum Gasteiger partial charge on any atom is -0.487 e. The predicted molar refractivity (Wildman–Crippen MR) is 97.4 cm³/mol. The summed E-state index contributed by atoms with van der Waals surface area (Å²) in [6.07, 6.45) is 3.40. The molecule has 24 heavy (non-hydrogen) atoms. The van der Waals surface area contributed by atoms with E-state index in [4.69, 9.17) is 4.74 Å². The van der Waals surface area contributed by atoms with Crippen molar-refractivity contribution in [3.05, 3.63) is 87.9 Å². The lowest BCUT2D eigenvalue weighted by molar-refractivity contribution is 0.104. The molecule has 0 spiro atoms. The van der Waals surface area contributed by atoms with Gasteiger partial charge in [0.15, 0.2) is 5.78 Å². The van der Waals surface area contributed by atoms with Crippen LogP contribution in [0.5, 0.6) is 5.75 Å². The number of thiazole rings is 1. The Hall–Kier alpha value is -2.72. The lowest BCUT2D eigenvalue weighted by Crippen LogP contribution is -1.95. The van der Waals surface area contributed by atoms with Crippen LogP contribution in [0.3, 0.4) is 0 Å². The maximum atomic E-state index is 12.1. The van der Waals surface area contributed by atoms with E-state index in [9.17, 15) is 4.79 Å². The van der Waals surface area contributed by atoms with E-state index in [2.05, 4.69) is 4.98 Å². The van der Waals surface area contributed by atoms with Crippen molar-refractivity contribution in [1.82, 2.24) is 4.98 Å². The Kier molecular flexibility index (Phi) is 5.18. The number of aryl methyl sites for hydroxylation is 1. The highest BCUT2D eigenvalue weighted by Gasteiger charge is 2.01. The zero-order valence-electron chi connectivity index (χ0n) is 13.3. The van der Waals surface area contributed by atoms with Gasteiger partial charge < -0.3 is 4.74 Å². The number of benzene rings is 2. The van der Waals surface area contributed by atoms with Crippen molar-refractivity contribution in [2.45, 2.75) is 13.5 Å². The van der Waals surface area contributed by atoms with Gasteiger partial charge in [-0.15, -0.1) is 11.3 Å². The molecule has 0 aliphatic carbocycles. The molecule has 0 saturated heterocycles. The number of aromatic nitrogens is 1. The SMILES string of the molecule is Cc1ccc(C(=O)/C=C/c2ccc(OCc3cscn3)cc2)cc1. The number of carbonyl (C=O) groups excluding carboxylic acids is 1. The molecule has 0 saturated carbocycles. The van der Waals surface area contributed by atoms with E-state index in [1.165, 1.54) is 0 Å². The Labute approximate surface area is 145 Å². The fourth-order valence-corrected chi connectivity index (χ4v) is 2.67. The van der Waals surface area contributed by atoms with Crippen LogP contribution in [0.15, 0.2) is 65.5 Å². The van der Waals surface area contributed by atoms with Crippen molar-refractivity contribution in [3.8, 4) is 5.75 Å². The fraction of sp³-hybridized carbons (Fsp3) is 0.100. The molecule has 0 bridgehead atoms. The molecule has 0 atom stereocenters. The van der Waals surface area contributed by atoms with Crippen LogP contribution >= 0.6 is 11.3 Å². The van der Waals surface area contributed by atoms with Gasteiger partial charge in [-0.25, -0.2) is 4.98 Å². The summed E-state index contributed by atoms with van der Waals surface area (Å²) >= 11 is 1.55. The molecule has 0 radical (unpaired) electrons. The standard InChI is InChI=1S/C20H17NO2S/c1-15-2-7-17(8-3-15)20(22)11-6-16-4-9-19(10-5-16)23-12-18-13-24-14-21-18/h2-11,13-14H,12H2,1H3/b11-6+. The predicted octanol–water partition coefficient (Wildman–Crippen LogP) is 4.93. The molecule has 1 aromatic heterocycles. The average Bonchev–Trinajstić information content (AvgIpc) is 3.13. The van der Waals surface area contributed by atoms with Crippen LogP contribution in [0.2, 0.25) is 0 Å². The summed E-state index contributed by atoms with van der Waals surface area (Å²) in [5.41, 5.74) is 5.51. The van der Waals surface area contributed by atoms with Crippen molar-refractivity contribution >= 4 is 23.2 Å². The fourth-order valence-electron chi connectivity index (χ4n) is 2.13. The van der Waals surface area contributed by atoms with Gasteiger partial charge >= 0.3 is 0 Å². The van der Waals surface area contributed by atoms with Crippen molar-refractivity contribution in [3.63, 3.8) is 0 Å². The molecular formula is C20H17NO2S. The summed E-state index contributed by atoms with van der Waals surface area (Å²) in [7, 11) is 0. The minimum absolute atomic E-state index is 0.00106. The molecule has 3 rings (SSSR count). The van der Waals surface area contributed by atoms with Crippen LogP contribution in [0.1, 0.15) is 27.2 Å². The summed E-state index contributed by atoms with van der Waals surface area (Å²) in [6.45, 7) is 2.47.